The fourth-order valence-corrected chi connectivity index (χ4v) is 3.19. The number of carbonyl (C=O) groups excluding carboxylic acids is 2. The summed E-state index contributed by atoms with van der Waals surface area (Å²) in [5.41, 5.74) is 1.53. The van der Waals surface area contributed by atoms with Crippen LogP contribution in [0.15, 0.2) is 48.7 Å². The highest BCUT2D eigenvalue weighted by atomic mass is 16.5. The Hall–Kier alpha value is -2.93. The first kappa shape index (κ1) is 20.8. The van der Waals surface area contributed by atoms with Crippen LogP contribution in [0.2, 0.25) is 0 Å². The molecule has 2 atom stereocenters. The smallest absolute Gasteiger partial charge is 0.251 e. The molecule has 2 unspecified atom stereocenters. The maximum Gasteiger partial charge on any atom is 0.251 e. The lowest BCUT2D eigenvalue weighted by atomic mass is 9.98. The molecule has 154 valence electrons. The number of benzene rings is 1. The van der Waals surface area contributed by atoms with E-state index in [0.29, 0.717) is 24.6 Å². The molecule has 3 rings (SSSR count). The van der Waals surface area contributed by atoms with E-state index < -0.39 is 6.04 Å². The number of morpholine rings is 1. The van der Waals surface area contributed by atoms with Crippen LogP contribution in [0, 0.1) is 5.92 Å². The number of hydrogen-bond acceptors (Lipinski definition) is 5. The molecule has 1 aliphatic rings. The first-order chi connectivity index (χ1) is 14.1. The van der Waals surface area contributed by atoms with Crippen LogP contribution in [0.1, 0.15) is 30.6 Å². The monoisotopic (exact) mass is 396 g/mol. The molecule has 7 heteroatoms. The summed E-state index contributed by atoms with van der Waals surface area (Å²) < 4.78 is 5.37. The second-order valence-electron chi connectivity index (χ2n) is 7.19. The largest absolute Gasteiger partial charge is 0.378 e. The lowest BCUT2D eigenvalue weighted by Crippen LogP contribution is -2.47. The molecule has 1 aromatic carbocycles. The summed E-state index contributed by atoms with van der Waals surface area (Å²) in [6.07, 6.45) is 2.51. The van der Waals surface area contributed by atoms with Crippen LogP contribution < -0.4 is 15.5 Å². The number of anilines is 2. The first-order valence-electron chi connectivity index (χ1n) is 10.0. The summed E-state index contributed by atoms with van der Waals surface area (Å²) in [5.74, 6) is -0.0820. The molecular formula is C22H28N4O3. The molecule has 1 aromatic heterocycles. The Morgan fingerprint density at radius 1 is 1.14 bits per heavy atom. The topological polar surface area (TPSA) is 83.6 Å². The van der Waals surface area contributed by atoms with Crippen LogP contribution in [0.3, 0.4) is 0 Å². The molecule has 2 heterocycles. The van der Waals surface area contributed by atoms with Crippen molar-refractivity contribution in [2.45, 2.75) is 26.3 Å². The van der Waals surface area contributed by atoms with Gasteiger partial charge in [-0.05, 0) is 30.2 Å². The Morgan fingerprint density at radius 2 is 1.86 bits per heavy atom. The van der Waals surface area contributed by atoms with Crippen LogP contribution in [0.5, 0.6) is 0 Å². The molecule has 0 bridgehead atoms. The molecule has 0 saturated carbocycles. The fraction of sp³-hybridized carbons (Fsp3) is 0.409. The van der Waals surface area contributed by atoms with E-state index in [4.69, 9.17) is 4.74 Å². The molecule has 0 spiro atoms. The van der Waals surface area contributed by atoms with E-state index in [0.717, 1.165) is 25.2 Å². The van der Waals surface area contributed by atoms with Crippen LogP contribution in [-0.2, 0) is 9.53 Å². The molecule has 2 aromatic rings. The third kappa shape index (κ3) is 5.54. The first-order valence-corrected chi connectivity index (χ1v) is 10.0. The number of pyridine rings is 1. The van der Waals surface area contributed by atoms with Gasteiger partial charge in [-0.15, -0.1) is 0 Å². The predicted octanol–water partition coefficient (Wildman–Crippen LogP) is 2.70. The van der Waals surface area contributed by atoms with E-state index in [9.17, 15) is 9.59 Å². The number of aromatic nitrogens is 1. The molecule has 2 N–H and O–H groups in total. The van der Waals surface area contributed by atoms with E-state index in [1.165, 1.54) is 0 Å². The van der Waals surface area contributed by atoms with Gasteiger partial charge in [0.1, 0.15) is 11.9 Å². The highest BCUT2D eigenvalue weighted by Gasteiger charge is 2.26. The summed E-state index contributed by atoms with van der Waals surface area (Å²) in [6, 6.07) is 12.0. The number of ether oxygens (including phenoxy) is 1. The number of hydrogen-bond donors (Lipinski definition) is 2. The molecule has 1 saturated heterocycles. The molecule has 1 aliphatic heterocycles. The van der Waals surface area contributed by atoms with E-state index in [1.54, 1.807) is 36.5 Å². The second kappa shape index (κ2) is 10.0. The van der Waals surface area contributed by atoms with Crippen molar-refractivity contribution in [3.63, 3.8) is 0 Å². The molecular weight excluding hydrogens is 368 g/mol. The highest BCUT2D eigenvalue weighted by Crippen LogP contribution is 2.17. The van der Waals surface area contributed by atoms with Crippen molar-refractivity contribution >= 4 is 23.3 Å². The lowest BCUT2D eigenvalue weighted by Gasteiger charge is -2.28. The van der Waals surface area contributed by atoms with Crippen molar-refractivity contribution in [2.75, 3.05) is 36.5 Å². The quantitative estimate of drug-likeness (QED) is 0.752. The van der Waals surface area contributed by atoms with Gasteiger partial charge in [-0.2, -0.15) is 0 Å². The van der Waals surface area contributed by atoms with Gasteiger partial charge in [-0.3, -0.25) is 9.59 Å². The number of amides is 2. The normalized spacial score (nSPS) is 16.0. The molecule has 0 aliphatic carbocycles. The fourth-order valence-electron chi connectivity index (χ4n) is 3.19. The van der Waals surface area contributed by atoms with Gasteiger partial charge in [0.2, 0.25) is 5.91 Å². The Bertz CT molecular complexity index is 805. The average Bonchev–Trinajstić information content (AvgIpc) is 2.78. The minimum absolute atomic E-state index is 0.0183. The average molecular weight is 396 g/mol. The van der Waals surface area contributed by atoms with Crippen molar-refractivity contribution < 1.29 is 14.3 Å². The van der Waals surface area contributed by atoms with Gasteiger partial charge in [-0.1, -0.05) is 38.5 Å². The second-order valence-corrected chi connectivity index (χ2v) is 7.19. The van der Waals surface area contributed by atoms with E-state index in [-0.39, 0.29) is 17.7 Å². The van der Waals surface area contributed by atoms with Crippen molar-refractivity contribution in [1.29, 1.82) is 0 Å². The van der Waals surface area contributed by atoms with Gasteiger partial charge in [0.25, 0.3) is 5.91 Å². The number of carbonyl (C=O) groups is 2. The maximum absolute atomic E-state index is 12.9. The zero-order chi connectivity index (χ0) is 20.6. The molecule has 0 radical (unpaired) electrons. The molecule has 2 amide bonds. The predicted molar refractivity (Wildman–Crippen MR) is 113 cm³/mol. The summed E-state index contributed by atoms with van der Waals surface area (Å²) in [4.78, 5) is 32.0. The molecule has 1 fully saturated rings. The van der Waals surface area contributed by atoms with Crippen molar-refractivity contribution in [3.8, 4) is 0 Å². The third-order valence-corrected chi connectivity index (χ3v) is 5.19. The van der Waals surface area contributed by atoms with Crippen LogP contribution >= 0.6 is 0 Å². The molecule has 29 heavy (non-hydrogen) atoms. The minimum Gasteiger partial charge on any atom is -0.378 e. The van der Waals surface area contributed by atoms with Gasteiger partial charge in [-0.25, -0.2) is 4.98 Å². The van der Waals surface area contributed by atoms with Crippen molar-refractivity contribution in [3.05, 3.63) is 54.2 Å². The van der Waals surface area contributed by atoms with Crippen LogP contribution in [0.25, 0.3) is 0 Å². The number of nitrogens with one attached hydrogen (secondary N) is 2. The number of nitrogens with zero attached hydrogens (tertiary/aromatic N) is 2. The number of rotatable bonds is 7. The van der Waals surface area contributed by atoms with E-state index >= 15 is 0 Å². The Labute approximate surface area is 171 Å². The van der Waals surface area contributed by atoms with Crippen LogP contribution in [-0.4, -0.2) is 49.1 Å². The maximum atomic E-state index is 12.9. The Morgan fingerprint density at radius 3 is 2.48 bits per heavy atom. The zero-order valence-corrected chi connectivity index (χ0v) is 16.9. The highest BCUT2D eigenvalue weighted by molar-refractivity contribution is 6.01. The summed E-state index contributed by atoms with van der Waals surface area (Å²) >= 11 is 0. The van der Waals surface area contributed by atoms with E-state index in [1.807, 2.05) is 26.0 Å². The van der Waals surface area contributed by atoms with Gasteiger partial charge in [0.05, 0.1) is 25.1 Å². The summed E-state index contributed by atoms with van der Waals surface area (Å²) in [7, 11) is 0. The van der Waals surface area contributed by atoms with Gasteiger partial charge in [0, 0.05) is 18.7 Å². The van der Waals surface area contributed by atoms with Crippen molar-refractivity contribution in [2.24, 2.45) is 5.92 Å². The third-order valence-electron chi connectivity index (χ3n) is 5.19. The van der Waals surface area contributed by atoms with Gasteiger partial charge >= 0.3 is 0 Å². The summed E-state index contributed by atoms with van der Waals surface area (Å²) in [5, 5.41) is 5.70. The molecule has 7 nitrogen and oxygen atoms in total. The SMILES string of the molecule is CCC(C)C(NC(=O)c1ccccc1)C(=O)Nc1ccc(N2CCOCC2)cn1. The Kier molecular flexibility index (Phi) is 7.19. The van der Waals surface area contributed by atoms with E-state index in [2.05, 4.69) is 20.5 Å². The zero-order valence-electron chi connectivity index (χ0n) is 16.9. The summed E-state index contributed by atoms with van der Waals surface area (Å²) in [6.45, 7) is 7.01. The minimum atomic E-state index is -0.645. The van der Waals surface area contributed by atoms with Gasteiger partial charge < -0.3 is 20.3 Å². The van der Waals surface area contributed by atoms with Gasteiger partial charge in [0.15, 0.2) is 0 Å². The van der Waals surface area contributed by atoms with Crippen LogP contribution in [0.4, 0.5) is 11.5 Å². The Balaban J connectivity index is 1.65. The standard InChI is InChI=1S/C22H28N4O3/c1-3-16(2)20(25-21(27)17-7-5-4-6-8-17)22(28)24-19-10-9-18(15-23-19)26-11-13-29-14-12-26/h4-10,15-16,20H,3,11-14H2,1-2H3,(H,25,27)(H,23,24,28). The lowest BCUT2D eigenvalue weighted by molar-refractivity contribution is -0.119. The van der Waals surface area contributed by atoms with Crippen molar-refractivity contribution in [1.82, 2.24) is 10.3 Å².